The highest BCUT2D eigenvalue weighted by molar-refractivity contribution is 9.10. The van der Waals surface area contributed by atoms with E-state index in [-0.39, 0.29) is 11.9 Å². The molecule has 2 aromatic carbocycles. The topological polar surface area (TPSA) is 12.0 Å². The Kier molecular flexibility index (Phi) is 4.61. The van der Waals surface area contributed by atoms with Crippen molar-refractivity contribution >= 4 is 27.5 Å². The van der Waals surface area contributed by atoms with Crippen LogP contribution in [-0.4, -0.2) is 7.05 Å². The zero-order valence-corrected chi connectivity index (χ0v) is 13.0. The second-order valence-corrected chi connectivity index (χ2v) is 5.68. The summed E-state index contributed by atoms with van der Waals surface area (Å²) in [5.41, 5.74) is 3.05. The molecule has 0 fully saturated rings. The summed E-state index contributed by atoms with van der Waals surface area (Å²) in [4.78, 5) is 0. The maximum absolute atomic E-state index is 13.3. The molecular formula is C15H14BrClFN. The molecule has 1 nitrogen and oxygen atoms in total. The van der Waals surface area contributed by atoms with Crippen LogP contribution in [0, 0.1) is 12.7 Å². The Hall–Kier alpha value is -0.900. The van der Waals surface area contributed by atoms with Crippen molar-refractivity contribution in [1.82, 2.24) is 5.32 Å². The molecule has 1 N–H and O–H groups in total. The molecule has 1 atom stereocenters. The van der Waals surface area contributed by atoms with Crippen molar-refractivity contribution < 1.29 is 4.39 Å². The molecule has 0 saturated carbocycles. The first-order valence-corrected chi connectivity index (χ1v) is 7.08. The monoisotopic (exact) mass is 341 g/mol. The fourth-order valence-electron chi connectivity index (χ4n) is 2.06. The van der Waals surface area contributed by atoms with Crippen molar-refractivity contribution in [3.8, 4) is 0 Å². The molecule has 0 aromatic heterocycles. The summed E-state index contributed by atoms with van der Waals surface area (Å²) in [5.74, 6) is -0.270. The average Bonchev–Trinajstić information content (AvgIpc) is 2.37. The van der Waals surface area contributed by atoms with Crippen molar-refractivity contribution in [1.29, 1.82) is 0 Å². The Balaban J connectivity index is 2.46. The lowest BCUT2D eigenvalue weighted by Crippen LogP contribution is -2.18. The lowest BCUT2D eigenvalue weighted by molar-refractivity contribution is 0.616. The lowest BCUT2D eigenvalue weighted by Gasteiger charge is -2.19. The van der Waals surface area contributed by atoms with Crippen LogP contribution in [0.4, 0.5) is 4.39 Å². The molecule has 0 radical (unpaired) electrons. The first-order valence-electron chi connectivity index (χ1n) is 5.91. The molecule has 2 rings (SSSR count). The van der Waals surface area contributed by atoms with E-state index in [1.165, 1.54) is 6.07 Å². The van der Waals surface area contributed by atoms with E-state index in [9.17, 15) is 4.39 Å². The van der Waals surface area contributed by atoms with E-state index in [4.69, 9.17) is 11.6 Å². The smallest absolute Gasteiger partial charge is 0.137 e. The summed E-state index contributed by atoms with van der Waals surface area (Å²) in [7, 11) is 1.86. The van der Waals surface area contributed by atoms with E-state index in [0.29, 0.717) is 9.50 Å². The number of hydrogen-bond donors (Lipinski definition) is 1. The summed E-state index contributed by atoms with van der Waals surface area (Å²) in [6.45, 7) is 2.00. The van der Waals surface area contributed by atoms with E-state index < -0.39 is 0 Å². The Morgan fingerprint density at radius 3 is 2.53 bits per heavy atom. The highest BCUT2D eigenvalue weighted by Gasteiger charge is 2.16. The van der Waals surface area contributed by atoms with Crippen LogP contribution in [0.1, 0.15) is 22.7 Å². The van der Waals surface area contributed by atoms with Crippen LogP contribution in [0.2, 0.25) is 5.02 Å². The maximum Gasteiger partial charge on any atom is 0.137 e. The summed E-state index contributed by atoms with van der Waals surface area (Å²) in [6, 6.07) is 10.9. The van der Waals surface area contributed by atoms with E-state index in [2.05, 4.69) is 21.2 Å². The molecule has 0 heterocycles. The SMILES string of the molecule is CNC(c1ccc(F)c(Br)c1)c1ccc(C)cc1Cl. The quantitative estimate of drug-likeness (QED) is 0.840. The molecular weight excluding hydrogens is 329 g/mol. The number of benzene rings is 2. The van der Waals surface area contributed by atoms with Gasteiger partial charge in [0.05, 0.1) is 10.5 Å². The first-order chi connectivity index (χ1) is 9.02. The Morgan fingerprint density at radius 1 is 1.21 bits per heavy atom. The number of nitrogens with one attached hydrogen (secondary N) is 1. The molecule has 0 bridgehead atoms. The number of halogens is 3. The largest absolute Gasteiger partial charge is 0.309 e. The van der Waals surface area contributed by atoms with Gasteiger partial charge >= 0.3 is 0 Å². The second-order valence-electron chi connectivity index (χ2n) is 4.42. The van der Waals surface area contributed by atoms with E-state index >= 15 is 0 Å². The van der Waals surface area contributed by atoms with Crippen LogP contribution in [0.3, 0.4) is 0 Å². The third kappa shape index (κ3) is 3.16. The van der Waals surface area contributed by atoms with Gasteiger partial charge in [0.15, 0.2) is 0 Å². The fourth-order valence-corrected chi connectivity index (χ4v) is 2.80. The van der Waals surface area contributed by atoms with Gasteiger partial charge in [-0.2, -0.15) is 0 Å². The molecule has 4 heteroatoms. The van der Waals surface area contributed by atoms with Crippen LogP contribution in [-0.2, 0) is 0 Å². The van der Waals surface area contributed by atoms with Gasteiger partial charge in [-0.1, -0.05) is 29.8 Å². The highest BCUT2D eigenvalue weighted by atomic mass is 79.9. The molecule has 0 aliphatic rings. The van der Waals surface area contributed by atoms with Crippen LogP contribution in [0.15, 0.2) is 40.9 Å². The summed E-state index contributed by atoms with van der Waals surface area (Å²) >= 11 is 9.51. The average molecular weight is 343 g/mol. The van der Waals surface area contributed by atoms with Crippen LogP contribution in [0.5, 0.6) is 0 Å². The van der Waals surface area contributed by atoms with E-state index in [1.54, 1.807) is 12.1 Å². The van der Waals surface area contributed by atoms with Gasteiger partial charge < -0.3 is 5.32 Å². The Labute approximate surface area is 125 Å². The zero-order chi connectivity index (χ0) is 14.0. The van der Waals surface area contributed by atoms with Gasteiger partial charge in [-0.3, -0.25) is 0 Å². The van der Waals surface area contributed by atoms with Gasteiger partial charge in [0.2, 0.25) is 0 Å². The minimum atomic E-state index is -0.270. The van der Waals surface area contributed by atoms with Crippen molar-refractivity contribution in [2.75, 3.05) is 7.05 Å². The Bertz CT molecular complexity index is 601. The van der Waals surface area contributed by atoms with Gasteiger partial charge in [-0.25, -0.2) is 4.39 Å². The zero-order valence-electron chi connectivity index (χ0n) is 10.7. The van der Waals surface area contributed by atoms with Crippen molar-refractivity contribution in [3.63, 3.8) is 0 Å². The molecule has 0 saturated heterocycles. The number of rotatable bonds is 3. The molecule has 19 heavy (non-hydrogen) atoms. The minimum Gasteiger partial charge on any atom is -0.309 e. The van der Waals surface area contributed by atoms with Crippen molar-refractivity contribution in [2.45, 2.75) is 13.0 Å². The lowest BCUT2D eigenvalue weighted by atomic mass is 9.98. The Morgan fingerprint density at radius 2 is 1.95 bits per heavy atom. The fraction of sp³-hybridized carbons (Fsp3) is 0.200. The third-order valence-corrected chi connectivity index (χ3v) is 3.97. The van der Waals surface area contributed by atoms with E-state index in [0.717, 1.165) is 16.7 Å². The van der Waals surface area contributed by atoms with Crippen LogP contribution < -0.4 is 5.32 Å². The first kappa shape index (κ1) is 14.5. The predicted octanol–water partition coefficient (Wildman–Crippen LogP) is 4.86. The van der Waals surface area contributed by atoms with Gasteiger partial charge in [0, 0.05) is 5.02 Å². The third-order valence-electron chi connectivity index (χ3n) is 3.03. The van der Waals surface area contributed by atoms with Crippen molar-refractivity contribution in [3.05, 3.63) is 68.4 Å². The normalized spacial score (nSPS) is 12.5. The highest BCUT2D eigenvalue weighted by Crippen LogP contribution is 2.30. The van der Waals surface area contributed by atoms with Gasteiger partial charge in [0.1, 0.15) is 5.82 Å². The maximum atomic E-state index is 13.3. The van der Waals surface area contributed by atoms with Crippen LogP contribution >= 0.6 is 27.5 Å². The predicted molar refractivity (Wildman–Crippen MR) is 81.2 cm³/mol. The number of aryl methyl sites for hydroxylation is 1. The van der Waals surface area contributed by atoms with Crippen molar-refractivity contribution in [2.24, 2.45) is 0 Å². The summed E-state index contributed by atoms with van der Waals surface area (Å²) in [5, 5.41) is 3.92. The molecule has 0 aliphatic carbocycles. The molecule has 0 amide bonds. The minimum absolute atomic E-state index is 0.0648. The van der Waals surface area contributed by atoms with Gasteiger partial charge in [-0.05, 0) is 64.8 Å². The van der Waals surface area contributed by atoms with Gasteiger partial charge in [0.25, 0.3) is 0 Å². The summed E-state index contributed by atoms with van der Waals surface area (Å²) < 4.78 is 13.8. The molecule has 0 aliphatic heterocycles. The molecule has 0 spiro atoms. The van der Waals surface area contributed by atoms with E-state index in [1.807, 2.05) is 32.2 Å². The van der Waals surface area contributed by atoms with Crippen LogP contribution in [0.25, 0.3) is 0 Å². The summed E-state index contributed by atoms with van der Waals surface area (Å²) in [6.07, 6.45) is 0. The second kappa shape index (κ2) is 6.04. The molecule has 1 unspecified atom stereocenters. The molecule has 2 aromatic rings. The molecule has 100 valence electrons. The number of hydrogen-bond acceptors (Lipinski definition) is 1. The van der Waals surface area contributed by atoms with Gasteiger partial charge in [-0.15, -0.1) is 0 Å². The standard InChI is InChI=1S/C15H14BrClFN/c1-9-3-5-11(13(17)7-9)15(19-2)10-4-6-14(18)12(16)8-10/h3-8,15,19H,1-2H3.